The lowest BCUT2D eigenvalue weighted by molar-refractivity contribution is -0.0467. The molecule has 0 aliphatic rings. The van der Waals surface area contributed by atoms with E-state index < -0.39 is 18.6 Å². The number of nitrogens with one attached hydrogen (secondary N) is 2. The van der Waals surface area contributed by atoms with E-state index in [1.165, 1.54) is 18.2 Å². The van der Waals surface area contributed by atoms with Crippen LogP contribution in [0, 0.1) is 0 Å². The second kappa shape index (κ2) is 13.6. The van der Waals surface area contributed by atoms with Crippen molar-refractivity contribution in [3.05, 3.63) is 142 Å². The molecule has 5 rings (SSSR count). The molecule has 1 heterocycles. The Hall–Kier alpha value is -4.53. The Morgan fingerprint density at radius 1 is 0.837 bits per heavy atom. The average Bonchev–Trinajstić information content (AvgIpc) is 3.03. The van der Waals surface area contributed by atoms with Crippen molar-refractivity contribution in [3.8, 4) is 11.5 Å². The molecular weight excluding hydrogens is 550 g/mol. The number of aromatic nitrogens is 1. The third-order valence-electron chi connectivity index (χ3n) is 7.23. The Kier molecular flexibility index (Phi) is 9.49. The number of aromatic amines is 1. The van der Waals surface area contributed by atoms with Gasteiger partial charge in [0.05, 0.1) is 11.6 Å². The van der Waals surface area contributed by atoms with Crippen molar-refractivity contribution in [2.45, 2.75) is 38.0 Å². The summed E-state index contributed by atoms with van der Waals surface area (Å²) in [4.78, 5) is 15.0. The monoisotopic (exact) mass is 584 g/mol. The van der Waals surface area contributed by atoms with E-state index in [0.29, 0.717) is 41.0 Å². The molecule has 0 aliphatic carbocycles. The number of benzene rings is 4. The summed E-state index contributed by atoms with van der Waals surface area (Å²) in [7, 11) is 0. The third-order valence-corrected chi connectivity index (χ3v) is 7.23. The van der Waals surface area contributed by atoms with Gasteiger partial charge in [-0.05, 0) is 54.3 Å². The number of para-hydroxylation sites is 1. The van der Waals surface area contributed by atoms with Crippen LogP contribution in [0.15, 0.2) is 114 Å². The second-order valence-corrected chi connectivity index (χ2v) is 10.6. The number of fused-ring (bicyclic) bond motifs is 1. The number of pyridine rings is 1. The summed E-state index contributed by atoms with van der Waals surface area (Å²) in [6.07, 6.45) is -0.274. The standard InChI is InChI=1S/C35H34F2N2O4/c1-24(20-25-12-14-27(15-13-25)35(36,37)23-43-28-10-6-3-7-11-28)38-21-31(40)29-16-18-32(34-30(29)17-19-33(41)39-34)42-22-26-8-4-2-5-9-26/h2-19,24,31,38,40H,20-23H2,1H3,(H,39,41)/t24-,31+/m1/s1. The van der Waals surface area contributed by atoms with Gasteiger partial charge in [0.2, 0.25) is 5.56 Å². The maximum atomic E-state index is 14.7. The molecule has 0 fully saturated rings. The highest BCUT2D eigenvalue weighted by Crippen LogP contribution is 2.31. The van der Waals surface area contributed by atoms with E-state index in [2.05, 4.69) is 10.3 Å². The number of hydrogen-bond acceptors (Lipinski definition) is 5. The summed E-state index contributed by atoms with van der Waals surface area (Å²) in [5, 5.41) is 15.1. The zero-order valence-corrected chi connectivity index (χ0v) is 23.8. The van der Waals surface area contributed by atoms with E-state index in [4.69, 9.17) is 9.47 Å². The van der Waals surface area contributed by atoms with Crippen LogP contribution in [0.25, 0.3) is 10.9 Å². The molecule has 0 unspecified atom stereocenters. The van der Waals surface area contributed by atoms with Gasteiger partial charge in [-0.1, -0.05) is 78.9 Å². The summed E-state index contributed by atoms with van der Waals surface area (Å²) in [5.74, 6) is -2.21. The van der Waals surface area contributed by atoms with Crippen molar-refractivity contribution >= 4 is 10.9 Å². The number of aliphatic hydroxyl groups excluding tert-OH is 1. The quantitative estimate of drug-likeness (QED) is 0.147. The van der Waals surface area contributed by atoms with Crippen LogP contribution in [0.2, 0.25) is 0 Å². The zero-order valence-electron chi connectivity index (χ0n) is 23.8. The number of hydrogen-bond donors (Lipinski definition) is 3. The van der Waals surface area contributed by atoms with Gasteiger partial charge < -0.3 is 24.9 Å². The Morgan fingerprint density at radius 2 is 1.53 bits per heavy atom. The Balaban J connectivity index is 1.18. The summed E-state index contributed by atoms with van der Waals surface area (Å²) < 4.78 is 40.7. The van der Waals surface area contributed by atoms with Crippen LogP contribution >= 0.6 is 0 Å². The molecule has 2 atom stereocenters. The van der Waals surface area contributed by atoms with Gasteiger partial charge in [-0.2, -0.15) is 8.78 Å². The van der Waals surface area contributed by atoms with Crippen molar-refractivity contribution in [2.75, 3.05) is 13.2 Å². The van der Waals surface area contributed by atoms with Crippen LogP contribution < -0.4 is 20.3 Å². The Labute approximate surface area is 248 Å². The number of alkyl halides is 2. The Morgan fingerprint density at radius 3 is 2.26 bits per heavy atom. The fraction of sp³-hybridized carbons (Fsp3) is 0.229. The van der Waals surface area contributed by atoms with Crippen molar-refractivity contribution in [1.82, 2.24) is 10.3 Å². The van der Waals surface area contributed by atoms with Crippen molar-refractivity contribution in [2.24, 2.45) is 0 Å². The molecule has 222 valence electrons. The van der Waals surface area contributed by atoms with Gasteiger partial charge in [-0.25, -0.2) is 0 Å². The minimum atomic E-state index is -3.13. The summed E-state index contributed by atoms with van der Waals surface area (Å²) in [6, 6.07) is 31.2. The number of aliphatic hydroxyl groups is 1. The normalized spacial score (nSPS) is 13.0. The number of rotatable bonds is 13. The summed E-state index contributed by atoms with van der Waals surface area (Å²) in [5.41, 5.74) is 2.70. The molecule has 0 aliphatic heterocycles. The molecule has 0 saturated heterocycles. The van der Waals surface area contributed by atoms with Gasteiger partial charge in [-0.3, -0.25) is 4.79 Å². The van der Waals surface area contributed by atoms with Gasteiger partial charge in [-0.15, -0.1) is 0 Å². The van der Waals surface area contributed by atoms with Gasteiger partial charge in [0, 0.05) is 29.6 Å². The van der Waals surface area contributed by atoms with Crippen LogP contribution in [0.5, 0.6) is 11.5 Å². The minimum absolute atomic E-state index is 0.0398. The van der Waals surface area contributed by atoms with Crippen molar-refractivity contribution < 1.29 is 23.4 Å². The number of halogens is 2. The maximum Gasteiger partial charge on any atom is 0.306 e. The molecule has 1 aromatic heterocycles. The third kappa shape index (κ3) is 7.85. The zero-order chi connectivity index (χ0) is 30.2. The smallest absolute Gasteiger partial charge is 0.306 e. The summed E-state index contributed by atoms with van der Waals surface area (Å²) >= 11 is 0. The van der Waals surface area contributed by atoms with Crippen molar-refractivity contribution in [3.63, 3.8) is 0 Å². The van der Waals surface area contributed by atoms with Crippen LogP contribution in [0.1, 0.15) is 35.3 Å². The van der Waals surface area contributed by atoms with E-state index in [-0.39, 0.29) is 23.7 Å². The predicted octanol–water partition coefficient (Wildman–Crippen LogP) is 6.53. The maximum absolute atomic E-state index is 14.7. The van der Waals surface area contributed by atoms with E-state index in [1.807, 2.05) is 37.3 Å². The first kappa shape index (κ1) is 29.9. The van der Waals surface area contributed by atoms with Gasteiger partial charge in [0.25, 0.3) is 0 Å². The first-order valence-electron chi connectivity index (χ1n) is 14.2. The van der Waals surface area contributed by atoms with Crippen LogP contribution in [0.3, 0.4) is 0 Å². The average molecular weight is 585 g/mol. The molecule has 3 N–H and O–H groups in total. The highest BCUT2D eigenvalue weighted by atomic mass is 19.3. The number of H-pyrrole nitrogens is 1. The van der Waals surface area contributed by atoms with E-state index in [0.717, 1.165) is 11.1 Å². The van der Waals surface area contributed by atoms with Gasteiger partial charge in [0.1, 0.15) is 18.1 Å². The van der Waals surface area contributed by atoms with Crippen molar-refractivity contribution in [1.29, 1.82) is 0 Å². The van der Waals surface area contributed by atoms with Crippen LogP contribution in [-0.4, -0.2) is 29.3 Å². The fourth-order valence-corrected chi connectivity index (χ4v) is 4.90. The molecule has 4 aromatic carbocycles. The van der Waals surface area contributed by atoms with Crippen LogP contribution in [-0.2, 0) is 19.0 Å². The highest BCUT2D eigenvalue weighted by Gasteiger charge is 2.32. The minimum Gasteiger partial charge on any atom is -0.487 e. The molecule has 0 saturated carbocycles. The summed E-state index contributed by atoms with van der Waals surface area (Å²) in [6.45, 7) is 1.83. The second-order valence-electron chi connectivity index (χ2n) is 10.6. The molecule has 0 amide bonds. The first-order chi connectivity index (χ1) is 20.8. The lowest BCUT2D eigenvalue weighted by Crippen LogP contribution is -2.32. The highest BCUT2D eigenvalue weighted by molar-refractivity contribution is 5.87. The number of ether oxygens (including phenoxy) is 2. The van der Waals surface area contributed by atoms with Gasteiger partial charge >= 0.3 is 5.92 Å². The molecule has 5 aromatic rings. The molecule has 6 nitrogen and oxygen atoms in total. The Bertz CT molecular complexity index is 1680. The molecular formula is C35H34F2N2O4. The first-order valence-corrected chi connectivity index (χ1v) is 14.2. The molecule has 0 spiro atoms. The molecule has 43 heavy (non-hydrogen) atoms. The fourth-order valence-electron chi connectivity index (χ4n) is 4.90. The molecule has 0 radical (unpaired) electrons. The van der Waals surface area contributed by atoms with E-state index in [9.17, 15) is 18.7 Å². The topological polar surface area (TPSA) is 83.6 Å². The van der Waals surface area contributed by atoms with Gasteiger partial charge in [0.15, 0.2) is 6.61 Å². The largest absolute Gasteiger partial charge is 0.487 e. The van der Waals surface area contributed by atoms with E-state index >= 15 is 0 Å². The molecule has 8 heteroatoms. The molecule has 0 bridgehead atoms. The lowest BCUT2D eigenvalue weighted by atomic mass is 10.0. The predicted molar refractivity (Wildman–Crippen MR) is 164 cm³/mol. The lowest BCUT2D eigenvalue weighted by Gasteiger charge is -2.20. The SMILES string of the molecule is C[C@H](Cc1ccc(C(F)(F)COc2ccccc2)cc1)NC[C@H](O)c1ccc(OCc2ccccc2)c2[nH]c(=O)ccc12. The van der Waals surface area contributed by atoms with E-state index in [1.54, 1.807) is 60.7 Å². The van der Waals surface area contributed by atoms with Crippen LogP contribution in [0.4, 0.5) is 8.78 Å².